The highest BCUT2D eigenvalue weighted by Crippen LogP contribution is 2.15. The molecule has 25 heavy (non-hydrogen) atoms. The molecule has 1 atom stereocenters. The molecule has 0 aliphatic carbocycles. The van der Waals surface area contributed by atoms with Gasteiger partial charge in [0, 0.05) is 32.5 Å². The van der Waals surface area contributed by atoms with Crippen molar-refractivity contribution in [2.24, 2.45) is 4.99 Å². The number of hydrogen-bond donors (Lipinski definition) is 2. The summed E-state index contributed by atoms with van der Waals surface area (Å²) in [4.78, 5) is 8.71. The van der Waals surface area contributed by atoms with Gasteiger partial charge in [-0.05, 0) is 27.2 Å². The topological polar surface area (TPSA) is 101 Å². The lowest BCUT2D eigenvalue weighted by molar-refractivity contribution is 0.392. The first-order valence-corrected chi connectivity index (χ1v) is 10.4. The number of nitrogens with zero attached hydrogens (tertiary/aromatic N) is 4. The predicted molar refractivity (Wildman–Crippen MR) is 99.5 cm³/mol. The van der Waals surface area contributed by atoms with Gasteiger partial charge in [0.1, 0.15) is 5.82 Å². The smallest absolute Gasteiger partial charge is 0.191 e. The van der Waals surface area contributed by atoms with Crippen LogP contribution in [0.15, 0.2) is 4.99 Å². The highest BCUT2D eigenvalue weighted by atomic mass is 32.2. The maximum Gasteiger partial charge on any atom is 0.191 e. The number of aliphatic imine (C=N–C) groups is 1. The van der Waals surface area contributed by atoms with Crippen molar-refractivity contribution in [2.75, 3.05) is 19.3 Å². The van der Waals surface area contributed by atoms with Crippen molar-refractivity contribution >= 4 is 15.8 Å². The quantitative estimate of drug-likeness (QED) is 0.579. The van der Waals surface area contributed by atoms with Gasteiger partial charge in [0.25, 0.3) is 0 Å². The first-order chi connectivity index (χ1) is 11.7. The number of guanidine groups is 1. The van der Waals surface area contributed by atoms with E-state index in [1.807, 2.05) is 4.68 Å². The monoisotopic (exact) mass is 370 g/mol. The highest BCUT2D eigenvalue weighted by Gasteiger charge is 2.28. The summed E-state index contributed by atoms with van der Waals surface area (Å²) in [6.07, 6.45) is 2.66. The molecule has 1 aromatic heterocycles. The van der Waals surface area contributed by atoms with E-state index in [0.29, 0.717) is 12.5 Å². The fourth-order valence-corrected chi connectivity index (χ4v) is 3.61. The van der Waals surface area contributed by atoms with Crippen LogP contribution in [-0.4, -0.2) is 59.3 Å². The van der Waals surface area contributed by atoms with Crippen LogP contribution in [0.4, 0.5) is 0 Å². The summed E-state index contributed by atoms with van der Waals surface area (Å²) < 4.78 is 25.5. The summed E-state index contributed by atoms with van der Waals surface area (Å²) in [5, 5.41) is 11.0. The summed E-state index contributed by atoms with van der Waals surface area (Å²) in [6, 6.07) is 0.198. The lowest BCUT2D eigenvalue weighted by Crippen LogP contribution is -2.48. The second kappa shape index (κ2) is 7.72. The first-order valence-electron chi connectivity index (χ1n) is 8.78. The Hall–Kier alpha value is -1.64. The van der Waals surface area contributed by atoms with Gasteiger partial charge in [-0.25, -0.2) is 18.1 Å². The molecule has 2 heterocycles. The Kier molecular flexibility index (Phi) is 6.08. The van der Waals surface area contributed by atoms with Crippen molar-refractivity contribution in [1.29, 1.82) is 0 Å². The maximum atomic E-state index is 12.2. The lowest BCUT2D eigenvalue weighted by Gasteiger charge is -2.25. The van der Waals surface area contributed by atoms with E-state index in [0.717, 1.165) is 37.5 Å². The van der Waals surface area contributed by atoms with Crippen LogP contribution >= 0.6 is 0 Å². The van der Waals surface area contributed by atoms with Gasteiger partial charge in [-0.2, -0.15) is 5.10 Å². The SMILES string of the molecule is CCc1nc2n(n1)CC(NC(=NC)NCCS(=O)(=O)C(C)(C)C)CC2. The van der Waals surface area contributed by atoms with E-state index in [9.17, 15) is 8.42 Å². The number of rotatable bonds is 5. The molecule has 8 nitrogen and oxygen atoms in total. The molecule has 0 saturated carbocycles. The van der Waals surface area contributed by atoms with Crippen LogP contribution in [0.2, 0.25) is 0 Å². The molecule has 0 fully saturated rings. The highest BCUT2D eigenvalue weighted by molar-refractivity contribution is 7.92. The van der Waals surface area contributed by atoms with Crippen LogP contribution in [0.25, 0.3) is 0 Å². The van der Waals surface area contributed by atoms with E-state index in [1.54, 1.807) is 27.8 Å². The van der Waals surface area contributed by atoms with E-state index in [1.165, 1.54) is 0 Å². The van der Waals surface area contributed by atoms with Gasteiger partial charge in [0.05, 0.1) is 17.0 Å². The molecule has 142 valence electrons. The number of nitrogens with one attached hydrogen (secondary N) is 2. The molecule has 2 rings (SSSR count). The number of fused-ring (bicyclic) bond motifs is 1. The Labute approximate surface area is 150 Å². The van der Waals surface area contributed by atoms with Crippen molar-refractivity contribution in [3.05, 3.63) is 11.6 Å². The number of aryl methyl sites for hydroxylation is 2. The zero-order chi connectivity index (χ0) is 18.7. The van der Waals surface area contributed by atoms with Gasteiger partial charge in [-0.15, -0.1) is 0 Å². The van der Waals surface area contributed by atoms with Crippen molar-refractivity contribution in [3.63, 3.8) is 0 Å². The van der Waals surface area contributed by atoms with Gasteiger partial charge >= 0.3 is 0 Å². The second-order valence-electron chi connectivity index (χ2n) is 7.29. The van der Waals surface area contributed by atoms with E-state index < -0.39 is 14.6 Å². The maximum absolute atomic E-state index is 12.2. The number of sulfone groups is 1. The van der Waals surface area contributed by atoms with Crippen molar-refractivity contribution in [1.82, 2.24) is 25.4 Å². The van der Waals surface area contributed by atoms with Crippen LogP contribution in [0.1, 0.15) is 45.8 Å². The average molecular weight is 371 g/mol. The molecular formula is C16H30N6O2S. The van der Waals surface area contributed by atoms with Crippen molar-refractivity contribution in [3.8, 4) is 0 Å². The third-order valence-electron chi connectivity index (χ3n) is 4.38. The molecule has 0 amide bonds. The summed E-state index contributed by atoms with van der Waals surface area (Å²) in [7, 11) is -1.46. The first kappa shape index (κ1) is 19.7. The Morgan fingerprint density at radius 2 is 2.12 bits per heavy atom. The van der Waals surface area contributed by atoms with Crippen molar-refractivity contribution in [2.45, 2.75) is 64.3 Å². The molecule has 1 aliphatic heterocycles. The fourth-order valence-electron chi connectivity index (χ4n) is 2.63. The van der Waals surface area contributed by atoms with Gasteiger partial charge < -0.3 is 10.6 Å². The third-order valence-corrected chi connectivity index (χ3v) is 6.99. The Bertz CT molecular complexity index is 717. The molecule has 1 aromatic rings. The molecule has 0 aromatic carbocycles. The van der Waals surface area contributed by atoms with Crippen LogP contribution in [0.3, 0.4) is 0 Å². The van der Waals surface area contributed by atoms with E-state index in [4.69, 9.17) is 0 Å². The third kappa shape index (κ3) is 4.93. The van der Waals surface area contributed by atoms with Crippen LogP contribution in [-0.2, 0) is 29.2 Å². The lowest BCUT2D eigenvalue weighted by atomic mass is 10.1. The molecule has 0 radical (unpaired) electrons. The summed E-state index contributed by atoms with van der Waals surface area (Å²) in [5.74, 6) is 2.61. The largest absolute Gasteiger partial charge is 0.355 e. The molecule has 0 saturated heterocycles. The molecule has 0 spiro atoms. The summed E-state index contributed by atoms with van der Waals surface area (Å²) >= 11 is 0. The van der Waals surface area contributed by atoms with Gasteiger partial charge in [-0.1, -0.05) is 6.92 Å². The Morgan fingerprint density at radius 1 is 1.40 bits per heavy atom. The van der Waals surface area contributed by atoms with Crippen LogP contribution in [0.5, 0.6) is 0 Å². The fraction of sp³-hybridized carbons (Fsp3) is 0.812. The Morgan fingerprint density at radius 3 is 2.72 bits per heavy atom. The van der Waals surface area contributed by atoms with E-state index in [2.05, 4.69) is 32.6 Å². The van der Waals surface area contributed by atoms with Crippen LogP contribution in [0, 0.1) is 0 Å². The minimum absolute atomic E-state index is 0.0783. The van der Waals surface area contributed by atoms with Gasteiger partial charge in [-0.3, -0.25) is 4.99 Å². The second-order valence-corrected chi connectivity index (χ2v) is 10.2. The molecule has 2 N–H and O–H groups in total. The zero-order valence-electron chi connectivity index (χ0n) is 15.8. The molecule has 0 bridgehead atoms. The Balaban J connectivity index is 1.87. The van der Waals surface area contributed by atoms with Crippen LogP contribution < -0.4 is 10.6 Å². The number of hydrogen-bond acceptors (Lipinski definition) is 5. The van der Waals surface area contributed by atoms with E-state index >= 15 is 0 Å². The van der Waals surface area contributed by atoms with Crippen molar-refractivity contribution < 1.29 is 8.42 Å². The zero-order valence-corrected chi connectivity index (χ0v) is 16.7. The summed E-state index contributed by atoms with van der Waals surface area (Å²) in [5.41, 5.74) is 0. The average Bonchev–Trinajstić information content (AvgIpc) is 2.95. The molecule has 1 unspecified atom stereocenters. The molecule has 1 aliphatic rings. The minimum atomic E-state index is -3.14. The van der Waals surface area contributed by atoms with E-state index in [-0.39, 0.29) is 11.8 Å². The minimum Gasteiger partial charge on any atom is -0.355 e. The summed E-state index contributed by atoms with van der Waals surface area (Å²) in [6.45, 7) is 8.28. The normalized spacial score (nSPS) is 18.8. The standard InChI is InChI=1S/C16H30N6O2S/c1-6-13-20-14-8-7-12(11-22(14)21-13)19-15(17-5)18-9-10-25(23,24)16(2,3)4/h12H,6-11H2,1-5H3,(H2,17,18,19). The molecule has 9 heteroatoms. The van der Waals surface area contributed by atoms with Gasteiger partial charge in [0.2, 0.25) is 0 Å². The van der Waals surface area contributed by atoms with Gasteiger partial charge in [0.15, 0.2) is 21.6 Å². The number of aromatic nitrogens is 3. The predicted octanol–water partition coefficient (Wildman–Crippen LogP) is 0.534. The molecular weight excluding hydrogens is 340 g/mol.